The highest BCUT2D eigenvalue weighted by Gasteiger charge is 2.37. The minimum Gasteiger partial charge on any atom is -0.481 e. The van der Waals surface area contributed by atoms with E-state index in [1.807, 2.05) is 0 Å². The minimum absolute atomic E-state index is 0.0381. The number of halogens is 3. The van der Waals surface area contributed by atoms with Crippen molar-refractivity contribution in [2.45, 2.75) is 51.6 Å². The van der Waals surface area contributed by atoms with E-state index in [0.29, 0.717) is 12.5 Å². The molecule has 1 aliphatic carbocycles. The Bertz CT molecular complexity index is 307. The number of carboxylic acid groups (broad SMARTS) is 1. The zero-order valence-corrected chi connectivity index (χ0v) is 11.2. The summed E-state index contributed by atoms with van der Waals surface area (Å²) in [5, 5.41) is 11.8. The lowest BCUT2D eigenvalue weighted by atomic mass is 9.68. The van der Waals surface area contributed by atoms with Crippen LogP contribution in [0.4, 0.5) is 13.2 Å². The smallest absolute Gasteiger partial charge is 0.390 e. The van der Waals surface area contributed by atoms with Crippen LogP contribution in [-0.2, 0) is 4.79 Å². The number of carbonyl (C=O) groups is 1. The van der Waals surface area contributed by atoms with Crippen molar-refractivity contribution >= 4 is 5.97 Å². The van der Waals surface area contributed by atoms with Gasteiger partial charge in [-0.15, -0.1) is 0 Å². The summed E-state index contributed by atoms with van der Waals surface area (Å²) in [5.74, 6) is -0.427. The summed E-state index contributed by atoms with van der Waals surface area (Å²) in [4.78, 5) is 11.0. The zero-order chi connectivity index (χ0) is 14.5. The van der Waals surface area contributed by atoms with Gasteiger partial charge in [-0.05, 0) is 24.2 Å². The summed E-state index contributed by atoms with van der Waals surface area (Å²) >= 11 is 0. The van der Waals surface area contributed by atoms with E-state index in [2.05, 4.69) is 12.2 Å². The zero-order valence-electron chi connectivity index (χ0n) is 11.2. The molecule has 0 aromatic carbocycles. The van der Waals surface area contributed by atoms with Crippen molar-refractivity contribution in [2.75, 3.05) is 13.1 Å². The van der Waals surface area contributed by atoms with Crippen molar-refractivity contribution in [2.24, 2.45) is 11.3 Å². The molecule has 6 heteroatoms. The number of nitrogens with one attached hydrogen (secondary N) is 1. The van der Waals surface area contributed by atoms with Crippen LogP contribution < -0.4 is 5.32 Å². The fourth-order valence-corrected chi connectivity index (χ4v) is 3.06. The van der Waals surface area contributed by atoms with Crippen molar-refractivity contribution in [3.8, 4) is 0 Å². The molecule has 0 radical (unpaired) electrons. The number of rotatable bonds is 6. The normalized spacial score (nSPS) is 28.3. The number of hydrogen-bond acceptors (Lipinski definition) is 2. The van der Waals surface area contributed by atoms with Crippen LogP contribution in [0.3, 0.4) is 0 Å². The molecule has 0 aliphatic heterocycles. The molecule has 112 valence electrons. The summed E-state index contributed by atoms with van der Waals surface area (Å²) in [6, 6.07) is 0. The average Bonchev–Trinajstić information content (AvgIpc) is 2.22. The van der Waals surface area contributed by atoms with Crippen LogP contribution in [0.25, 0.3) is 0 Å². The summed E-state index contributed by atoms with van der Waals surface area (Å²) in [6.45, 7) is 2.30. The fourth-order valence-electron chi connectivity index (χ4n) is 3.06. The van der Waals surface area contributed by atoms with Crippen LogP contribution in [-0.4, -0.2) is 30.3 Å². The van der Waals surface area contributed by atoms with Gasteiger partial charge in [0.1, 0.15) is 0 Å². The monoisotopic (exact) mass is 281 g/mol. The highest BCUT2D eigenvalue weighted by atomic mass is 19.4. The third-order valence-corrected chi connectivity index (χ3v) is 3.80. The Kier molecular flexibility index (Phi) is 5.64. The van der Waals surface area contributed by atoms with Crippen LogP contribution in [0.1, 0.15) is 45.4 Å². The lowest BCUT2D eigenvalue weighted by Crippen LogP contribution is -2.40. The molecule has 0 aromatic heterocycles. The van der Waals surface area contributed by atoms with Crippen molar-refractivity contribution in [1.29, 1.82) is 0 Å². The van der Waals surface area contributed by atoms with E-state index in [4.69, 9.17) is 5.11 Å². The maximum atomic E-state index is 12.1. The van der Waals surface area contributed by atoms with Crippen molar-refractivity contribution in [3.63, 3.8) is 0 Å². The first-order chi connectivity index (χ1) is 8.72. The van der Waals surface area contributed by atoms with Crippen LogP contribution in [0.5, 0.6) is 0 Å². The molecule has 0 saturated heterocycles. The Labute approximate surface area is 111 Å². The molecule has 1 saturated carbocycles. The second kappa shape index (κ2) is 6.59. The summed E-state index contributed by atoms with van der Waals surface area (Å²) in [6.07, 6.45) is -1.41. The topological polar surface area (TPSA) is 49.3 Å². The van der Waals surface area contributed by atoms with E-state index >= 15 is 0 Å². The highest BCUT2D eigenvalue weighted by Crippen LogP contribution is 2.41. The first-order valence-electron chi connectivity index (χ1n) is 6.72. The Morgan fingerprint density at radius 3 is 2.68 bits per heavy atom. The van der Waals surface area contributed by atoms with E-state index in [1.54, 1.807) is 0 Å². The van der Waals surface area contributed by atoms with Gasteiger partial charge in [-0.3, -0.25) is 4.79 Å². The van der Waals surface area contributed by atoms with Crippen LogP contribution >= 0.6 is 0 Å². The van der Waals surface area contributed by atoms with Crippen molar-refractivity contribution < 1.29 is 23.1 Å². The Morgan fingerprint density at radius 2 is 2.16 bits per heavy atom. The van der Waals surface area contributed by atoms with Gasteiger partial charge in [0.15, 0.2) is 0 Å². The first-order valence-corrected chi connectivity index (χ1v) is 6.72. The molecule has 0 unspecified atom stereocenters. The lowest BCUT2D eigenvalue weighted by Gasteiger charge is -2.39. The molecule has 19 heavy (non-hydrogen) atoms. The predicted molar refractivity (Wildman–Crippen MR) is 65.9 cm³/mol. The van der Waals surface area contributed by atoms with E-state index in [9.17, 15) is 18.0 Å². The highest BCUT2D eigenvalue weighted by molar-refractivity contribution is 5.67. The van der Waals surface area contributed by atoms with Gasteiger partial charge in [0, 0.05) is 13.1 Å². The lowest BCUT2D eigenvalue weighted by molar-refractivity contribution is -0.141. The largest absolute Gasteiger partial charge is 0.481 e. The second-order valence-corrected chi connectivity index (χ2v) is 5.81. The molecule has 0 amide bonds. The van der Waals surface area contributed by atoms with E-state index in [0.717, 1.165) is 25.7 Å². The number of hydrogen-bond donors (Lipinski definition) is 2. The van der Waals surface area contributed by atoms with Gasteiger partial charge in [-0.1, -0.05) is 19.8 Å². The third kappa shape index (κ3) is 6.27. The maximum Gasteiger partial charge on any atom is 0.390 e. The van der Waals surface area contributed by atoms with Crippen molar-refractivity contribution in [1.82, 2.24) is 5.32 Å². The SMILES string of the molecule is C[C@@H]1CCC[C@](CNCCC(F)(F)F)(CC(=O)O)C1. The minimum atomic E-state index is -4.16. The molecular weight excluding hydrogens is 259 g/mol. The van der Waals surface area contributed by atoms with E-state index < -0.39 is 18.6 Å². The average molecular weight is 281 g/mol. The van der Waals surface area contributed by atoms with Gasteiger partial charge in [0.05, 0.1) is 12.8 Å². The molecule has 3 nitrogen and oxygen atoms in total. The third-order valence-electron chi connectivity index (χ3n) is 3.80. The van der Waals surface area contributed by atoms with Gasteiger partial charge in [-0.2, -0.15) is 13.2 Å². The van der Waals surface area contributed by atoms with Gasteiger partial charge in [0.25, 0.3) is 0 Å². The molecule has 0 bridgehead atoms. The van der Waals surface area contributed by atoms with Crippen LogP contribution in [0.15, 0.2) is 0 Å². The molecule has 1 fully saturated rings. The Morgan fingerprint density at radius 1 is 1.47 bits per heavy atom. The van der Waals surface area contributed by atoms with Crippen LogP contribution in [0, 0.1) is 11.3 Å². The molecule has 0 aromatic rings. The predicted octanol–water partition coefficient (Wildman–Crippen LogP) is 3.20. The molecule has 0 spiro atoms. The maximum absolute atomic E-state index is 12.1. The summed E-state index contributed by atoms with van der Waals surface area (Å²) < 4.78 is 36.2. The van der Waals surface area contributed by atoms with Gasteiger partial charge >= 0.3 is 12.1 Å². The second-order valence-electron chi connectivity index (χ2n) is 5.81. The Balaban J connectivity index is 2.48. The number of carboxylic acids is 1. The Hall–Kier alpha value is -0.780. The molecule has 1 aliphatic rings. The van der Waals surface area contributed by atoms with E-state index in [1.165, 1.54) is 0 Å². The fraction of sp³-hybridized carbons (Fsp3) is 0.923. The first kappa shape index (κ1) is 16.3. The summed E-state index contributed by atoms with van der Waals surface area (Å²) in [5.41, 5.74) is -0.380. The molecule has 2 atom stereocenters. The molecule has 0 heterocycles. The quantitative estimate of drug-likeness (QED) is 0.735. The number of alkyl halides is 3. The van der Waals surface area contributed by atoms with E-state index in [-0.39, 0.29) is 18.4 Å². The number of aliphatic carboxylic acids is 1. The van der Waals surface area contributed by atoms with Crippen LogP contribution in [0.2, 0.25) is 0 Å². The molecule has 2 N–H and O–H groups in total. The standard InChI is InChI=1S/C13H22F3NO2/c1-10-3-2-4-12(7-10,8-11(18)19)9-17-6-5-13(14,15)16/h10,17H,2-9H2,1H3,(H,18,19)/t10-,12-/m1/s1. The molecule has 1 rings (SSSR count). The van der Waals surface area contributed by atoms with Gasteiger partial charge in [0.2, 0.25) is 0 Å². The summed E-state index contributed by atoms with van der Waals surface area (Å²) in [7, 11) is 0. The molecular formula is C13H22F3NO2. The van der Waals surface area contributed by atoms with Crippen molar-refractivity contribution in [3.05, 3.63) is 0 Å². The van der Waals surface area contributed by atoms with Gasteiger partial charge in [-0.25, -0.2) is 0 Å². The van der Waals surface area contributed by atoms with Gasteiger partial charge < -0.3 is 10.4 Å².